The Morgan fingerprint density at radius 3 is 2.58 bits per heavy atom. The van der Waals surface area contributed by atoms with E-state index in [1.165, 1.54) is 25.7 Å². The van der Waals surface area contributed by atoms with Gasteiger partial charge < -0.3 is 5.11 Å². The molecule has 2 atom stereocenters. The van der Waals surface area contributed by atoms with Gasteiger partial charge in [0.1, 0.15) is 0 Å². The van der Waals surface area contributed by atoms with Crippen LogP contribution in [0.15, 0.2) is 10.9 Å². The van der Waals surface area contributed by atoms with E-state index in [0.717, 1.165) is 69.7 Å². The lowest BCUT2D eigenvalue weighted by molar-refractivity contribution is -0.00405. The van der Waals surface area contributed by atoms with E-state index < -0.39 is 0 Å². The van der Waals surface area contributed by atoms with Gasteiger partial charge in [0.25, 0.3) is 5.56 Å². The van der Waals surface area contributed by atoms with E-state index in [4.69, 9.17) is 0 Å². The van der Waals surface area contributed by atoms with Crippen molar-refractivity contribution in [2.45, 2.75) is 70.1 Å². The van der Waals surface area contributed by atoms with Crippen molar-refractivity contribution < 1.29 is 5.11 Å². The number of aliphatic hydroxyl groups excluding tert-OH is 1. The van der Waals surface area contributed by atoms with Crippen LogP contribution in [-0.2, 0) is 19.4 Å². The molecule has 0 spiro atoms. The van der Waals surface area contributed by atoms with E-state index >= 15 is 0 Å². The van der Waals surface area contributed by atoms with Crippen LogP contribution in [0.4, 0.5) is 0 Å². The Hall–Kier alpha value is -1.24. The van der Waals surface area contributed by atoms with E-state index in [0.29, 0.717) is 12.6 Å². The third-order valence-electron chi connectivity index (χ3n) is 6.47. The molecule has 1 saturated heterocycles. The molecule has 0 amide bonds. The summed E-state index contributed by atoms with van der Waals surface area (Å²) in [5, 5.41) is 14.9. The molecule has 2 fully saturated rings. The Morgan fingerprint density at radius 2 is 1.77 bits per heavy atom. The van der Waals surface area contributed by atoms with Crippen molar-refractivity contribution in [3.63, 3.8) is 0 Å². The largest absolute Gasteiger partial charge is 0.391 e. The highest BCUT2D eigenvalue weighted by Crippen LogP contribution is 2.24. The molecule has 6 nitrogen and oxygen atoms in total. The van der Waals surface area contributed by atoms with Gasteiger partial charge in [0.2, 0.25) is 0 Å². The number of aromatic nitrogens is 2. The molecule has 0 aromatic carbocycles. The lowest BCUT2D eigenvalue weighted by atomic mass is 9.91. The zero-order chi connectivity index (χ0) is 17.9. The minimum absolute atomic E-state index is 0.0506. The number of aryl methyl sites for hydroxylation is 2. The number of piperazine rings is 1. The first-order chi connectivity index (χ1) is 12.7. The maximum atomic E-state index is 12.3. The second-order valence-corrected chi connectivity index (χ2v) is 8.18. The first-order valence-corrected chi connectivity index (χ1v) is 10.4. The average molecular weight is 361 g/mol. The van der Waals surface area contributed by atoms with Crippen LogP contribution in [0.25, 0.3) is 0 Å². The molecular formula is C20H32N4O2. The average Bonchev–Trinajstić information content (AvgIpc) is 2.67. The van der Waals surface area contributed by atoms with E-state index in [2.05, 4.69) is 14.9 Å². The number of nitrogens with zero attached hydrogens (tertiary/aromatic N) is 4. The van der Waals surface area contributed by atoms with E-state index in [9.17, 15) is 9.90 Å². The molecule has 3 aliphatic rings. The fraction of sp³-hybridized carbons (Fsp3) is 0.800. The van der Waals surface area contributed by atoms with Crippen LogP contribution in [0.3, 0.4) is 0 Å². The van der Waals surface area contributed by atoms with Crippen molar-refractivity contribution >= 4 is 0 Å². The van der Waals surface area contributed by atoms with Crippen molar-refractivity contribution in [3.05, 3.63) is 27.7 Å². The van der Waals surface area contributed by atoms with Gasteiger partial charge in [0.15, 0.2) is 0 Å². The first kappa shape index (κ1) is 18.1. The number of rotatable bonds is 4. The van der Waals surface area contributed by atoms with Gasteiger partial charge in [-0.3, -0.25) is 14.6 Å². The molecule has 2 heterocycles. The van der Waals surface area contributed by atoms with Crippen molar-refractivity contribution in [1.29, 1.82) is 0 Å². The molecule has 1 N–H and O–H groups in total. The third-order valence-corrected chi connectivity index (χ3v) is 6.47. The van der Waals surface area contributed by atoms with Crippen molar-refractivity contribution in [2.75, 3.05) is 32.7 Å². The zero-order valence-electron chi connectivity index (χ0n) is 15.8. The highest BCUT2D eigenvalue weighted by molar-refractivity contribution is 5.20. The summed E-state index contributed by atoms with van der Waals surface area (Å²) in [5.41, 5.74) is 2.35. The van der Waals surface area contributed by atoms with Gasteiger partial charge in [-0.15, -0.1) is 0 Å². The topological polar surface area (TPSA) is 61.6 Å². The molecule has 1 aromatic heterocycles. The normalized spacial score (nSPS) is 28.0. The Balaban J connectivity index is 1.29. The van der Waals surface area contributed by atoms with E-state index in [1.807, 2.05) is 6.07 Å². The summed E-state index contributed by atoms with van der Waals surface area (Å²) in [7, 11) is 0. The fourth-order valence-electron chi connectivity index (χ4n) is 4.83. The molecule has 2 aliphatic carbocycles. The second kappa shape index (κ2) is 8.19. The van der Waals surface area contributed by atoms with Crippen LogP contribution in [0.1, 0.15) is 49.8 Å². The molecule has 144 valence electrons. The van der Waals surface area contributed by atoms with Crippen molar-refractivity contribution in [1.82, 2.24) is 19.6 Å². The molecule has 6 heteroatoms. The minimum atomic E-state index is -0.145. The summed E-state index contributed by atoms with van der Waals surface area (Å²) in [6.45, 7) is 5.64. The lowest BCUT2D eigenvalue weighted by Gasteiger charge is -2.42. The smallest absolute Gasteiger partial charge is 0.267 e. The monoisotopic (exact) mass is 360 g/mol. The SMILES string of the molecule is O=c1cc2c(nn1CCN1CCN(C3CCCCC3O)CC1)CCCC2. The Bertz CT molecular complexity index is 666. The third kappa shape index (κ3) is 4.02. The van der Waals surface area contributed by atoms with Gasteiger partial charge >= 0.3 is 0 Å². The molecule has 26 heavy (non-hydrogen) atoms. The summed E-state index contributed by atoms with van der Waals surface area (Å²) in [6.07, 6.45) is 8.74. The number of hydrogen-bond acceptors (Lipinski definition) is 5. The predicted molar refractivity (Wildman–Crippen MR) is 101 cm³/mol. The summed E-state index contributed by atoms with van der Waals surface area (Å²) in [5.74, 6) is 0. The lowest BCUT2D eigenvalue weighted by Crippen LogP contribution is -2.54. The maximum absolute atomic E-state index is 12.3. The first-order valence-electron chi connectivity index (χ1n) is 10.4. The van der Waals surface area contributed by atoms with Gasteiger partial charge in [0, 0.05) is 44.8 Å². The van der Waals surface area contributed by atoms with Crippen molar-refractivity contribution in [3.8, 4) is 0 Å². The number of aliphatic hydroxyl groups is 1. The Labute approximate surface area is 155 Å². The summed E-state index contributed by atoms with van der Waals surface area (Å²) >= 11 is 0. The Morgan fingerprint density at radius 1 is 1.00 bits per heavy atom. The molecule has 1 saturated carbocycles. The predicted octanol–water partition coefficient (Wildman–Crippen LogP) is 1.04. The van der Waals surface area contributed by atoms with Gasteiger partial charge in [-0.2, -0.15) is 5.10 Å². The minimum Gasteiger partial charge on any atom is -0.391 e. The van der Waals surface area contributed by atoms with Crippen LogP contribution < -0.4 is 5.56 Å². The van der Waals surface area contributed by atoms with E-state index in [-0.39, 0.29) is 11.7 Å². The summed E-state index contributed by atoms with van der Waals surface area (Å²) in [6, 6.07) is 2.17. The van der Waals surface area contributed by atoms with Crippen LogP contribution in [0.5, 0.6) is 0 Å². The van der Waals surface area contributed by atoms with E-state index in [1.54, 1.807) is 4.68 Å². The molecule has 4 rings (SSSR count). The summed E-state index contributed by atoms with van der Waals surface area (Å²) in [4.78, 5) is 17.2. The standard InChI is InChI=1S/C20H32N4O2/c25-19-8-4-3-7-18(19)23-12-9-22(10-13-23)11-14-24-20(26)15-16-5-1-2-6-17(16)21-24/h15,18-19,25H,1-14H2. The maximum Gasteiger partial charge on any atom is 0.267 e. The molecule has 1 aliphatic heterocycles. The number of fused-ring (bicyclic) bond motifs is 1. The highest BCUT2D eigenvalue weighted by atomic mass is 16.3. The van der Waals surface area contributed by atoms with Crippen LogP contribution >= 0.6 is 0 Å². The van der Waals surface area contributed by atoms with Crippen molar-refractivity contribution in [2.24, 2.45) is 0 Å². The highest BCUT2D eigenvalue weighted by Gasteiger charge is 2.30. The van der Waals surface area contributed by atoms with Gasteiger partial charge in [-0.1, -0.05) is 12.8 Å². The second-order valence-electron chi connectivity index (χ2n) is 8.18. The molecule has 0 radical (unpaired) electrons. The Kier molecular flexibility index (Phi) is 5.72. The quantitative estimate of drug-likeness (QED) is 0.869. The van der Waals surface area contributed by atoms with Crippen LogP contribution in [0.2, 0.25) is 0 Å². The van der Waals surface area contributed by atoms with Crippen LogP contribution in [0, 0.1) is 0 Å². The molecule has 0 bridgehead atoms. The zero-order valence-corrected chi connectivity index (χ0v) is 15.8. The van der Waals surface area contributed by atoms with Crippen LogP contribution in [-0.4, -0.2) is 69.6 Å². The molecule has 2 unspecified atom stereocenters. The fourth-order valence-corrected chi connectivity index (χ4v) is 4.83. The van der Waals surface area contributed by atoms with Gasteiger partial charge in [0.05, 0.1) is 18.3 Å². The molecule has 1 aromatic rings. The number of hydrogen-bond donors (Lipinski definition) is 1. The molecular weight excluding hydrogens is 328 g/mol. The van der Waals surface area contributed by atoms with Gasteiger partial charge in [-0.25, -0.2) is 4.68 Å². The van der Waals surface area contributed by atoms with Gasteiger partial charge in [-0.05, 0) is 44.1 Å². The summed E-state index contributed by atoms with van der Waals surface area (Å²) < 4.78 is 1.67.